The molecule has 1 amide bonds. The largest absolute Gasteiger partial charge is 0.338 e. The summed E-state index contributed by atoms with van der Waals surface area (Å²) in [6, 6.07) is 7.60. The van der Waals surface area contributed by atoms with Crippen LogP contribution >= 0.6 is 0 Å². The van der Waals surface area contributed by atoms with Crippen LogP contribution in [0, 0.1) is 6.92 Å². The first kappa shape index (κ1) is 11.8. The third kappa shape index (κ3) is 2.93. The minimum atomic E-state index is 0.0448. The predicted octanol–water partition coefficient (Wildman–Crippen LogP) is 2.19. The van der Waals surface area contributed by atoms with Crippen LogP contribution in [0.4, 0.5) is 0 Å². The summed E-state index contributed by atoms with van der Waals surface area (Å²) in [4.78, 5) is 25.3. The van der Waals surface area contributed by atoms with Crippen molar-refractivity contribution in [3.8, 4) is 0 Å². The highest BCUT2D eigenvalue weighted by Gasteiger charge is 2.19. The molecule has 17 heavy (non-hydrogen) atoms. The van der Waals surface area contributed by atoms with E-state index in [-0.39, 0.29) is 11.7 Å². The van der Waals surface area contributed by atoms with Crippen LogP contribution < -0.4 is 0 Å². The van der Waals surface area contributed by atoms with Crippen LogP contribution in [-0.2, 0) is 4.79 Å². The van der Waals surface area contributed by atoms with Crippen molar-refractivity contribution in [2.75, 3.05) is 13.1 Å². The maximum atomic E-state index is 12.2. The number of amides is 1. The highest BCUT2D eigenvalue weighted by atomic mass is 16.2. The lowest BCUT2D eigenvalue weighted by Crippen LogP contribution is -2.32. The van der Waals surface area contributed by atoms with E-state index in [9.17, 15) is 9.59 Å². The molecule has 0 aliphatic carbocycles. The van der Waals surface area contributed by atoms with Gasteiger partial charge in [-0.25, -0.2) is 0 Å². The monoisotopic (exact) mass is 231 g/mol. The summed E-state index contributed by atoms with van der Waals surface area (Å²) >= 11 is 0. The second-order valence-electron chi connectivity index (χ2n) is 4.55. The Hall–Kier alpha value is -1.64. The number of rotatable bonds is 1. The van der Waals surface area contributed by atoms with Crippen molar-refractivity contribution in [2.45, 2.75) is 26.2 Å². The lowest BCUT2D eigenvalue weighted by Gasteiger charge is -2.20. The predicted molar refractivity (Wildman–Crippen MR) is 65.9 cm³/mol. The van der Waals surface area contributed by atoms with Gasteiger partial charge in [0.15, 0.2) is 0 Å². The normalized spacial score (nSPS) is 16.8. The maximum Gasteiger partial charge on any atom is 0.253 e. The number of Topliss-reactive ketones (excluding diaryl/α,β-unsaturated/α-hetero) is 1. The first-order valence-electron chi connectivity index (χ1n) is 6.04. The van der Waals surface area contributed by atoms with Crippen molar-refractivity contribution in [3.63, 3.8) is 0 Å². The Morgan fingerprint density at radius 2 is 2.06 bits per heavy atom. The van der Waals surface area contributed by atoms with Gasteiger partial charge in [0.25, 0.3) is 5.91 Å². The SMILES string of the molecule is Cc1cccc(C(=O)N2CCCC(=O)CC2)c1. The van der Waals surface area contributed by atoms with E-state index >= 15 is 0 Å². The molecule has 1 heterocycles. The van der Waals surface area contributed by atoms with Gasteiger partial charge in [0.2, 0.25) is 0 Å². The number of hydrogen-bond acceptors (Lipinski definition) is 2. The molecule has 0 atom stereocenters. The van der Waals surface area contributed by atoms with E-state index in [2.05, 4.69) is 0 Å². The number of aryl methyl sites for hydroxylation is 1. The van der Waals surface area contributed by atoms with E-state index < -0.39 is 0 Å². The third-order valence-electron chi connectivity index (χ3n) is 3.10. The summed E-state index contributed by atoms with van der Waals surface area (Å²) in [7, 11) is 0. The molecule has 1 aromatic carbocycles. The molecule has 0 saturated carbocycles. The molecule has 3 nitrogen and oxygen atoms in total. The Labute approximate surface area is 101 Å². The van der Waals surface area contributed by atoms with Gasteiger partial charge in [0, 0.05) is 31.5 Å². The smallest absolute Gasteiger partial charge is 0.253 e. The number of carbonyl (C=O) groups is 2. The van der Waals surface area contributed by atoms with Crippen molar-refractivity contribution < 1.29 is 9.59 Å². The molecule has 3 heteroatoms. The molecule has 0 N–H and O–H groups in total. The van der Waals surface area contributed by atoms with Crippen LogP contribution in [0.15, 0.2) is 24.3 Å². The van der Waals surface area contributed by atoms with Gasteiger partial charge in [0.1, 0.15) is 5.78 Å². The van der Waals surface area contributed by atoms with Crippen molar-refractivity contribution >= 4 is 11.7 Å². The van der Waals surface area contributed by atoms with Crippen LogP contribution in [0.3, 0.4) is 0 Å². The van der Waals surface area contributed by atoms with E-state index in [1.54, 1.807) is 4.90 Å². The van der Waals surface area contributed by atoms with Gasteiger partial charge in [-0.05, 0) is 25.5 Å². The topological polar surface area (TPSA) is 37.4 Å². The molecule has 0 unspecified atom stereocenters. The Morgan fingerprint density at radius 3 is 2.82 bits per heavy atom. The molecule has 1 saturated heterocycles. The second kappa shape index (κ2) is 5.13. The van der Waals surface area contributed by atoms with E-state index in [4.69, 9.17) is 0 Å². The van der Waals surface area contributed by atoms with Crippen molar-refractivity contribution in [2.24, 2.45) is 0 Å². The van der Waals surface area contributed by atoms with E-state index in [0.717, 1.165) is 17.5 Å². The number of likely N-dealkylation sites (tertiary alicyclic amines) is 1. The van der Waals surface area contributed by atoms with Crippen molar-refractivity contribution in [3.05, 3.63) is 35.4 Å². The summed E-state index contributed by atoms with van der Waals surface area (Å²) in [5.41, 5.74) is 1.81. The van der Waals surface area contributed by atoms with Crippen LogP contribution in [0.1, 0.15) is 35.2 Å². The molecular weight excluding hydrogens is 214 g/mol. The molecule has 0 aromatic heterocycles. The van der Waals surface area contributed by atoms with E-state index in [0.29, 0.717) is 25.9 Å². The fourth-order valence-electron chi connectivity index (χ4n) is 2.13. The zero-order valence-corrected chi connectivity index (χ0v) is 10.1. The molecule has 2 rings (SSSR count). The number of ketones is 1. The minimum Gasteiger partial charge on any atom is -0.338 e. The third-order valence-corrected chi connectivity index (χ3v) is 3.10. The van der Waals surface area contributed by atoms with Crippen molar-refractivity contribution in [1.29, 1.82) is 0 Å². The first-order chi connectivity index (χ1) is 8.16. The lowest BCUT2D eigenvalue weighted by atomic mass is 10.1. The van der Waals surface area contributed by atoms with Crippen LogP contribution in [-0.4, -0.2) is 29.7 Å². The lowest BCUT2D eigenvalue weighted by molar-refractivity contribution is -0.118. The summed E-state index contributed by atoms with van der Waals surface area (Å²) in [6.45, 7) is 3.23. The molecule has 1 aromatic rings. The van der Waals surface area contributed by atoms with E-state index in [1.165, 1.54) is 0 Å². The molecule has 0 bridgehead atoms. The number of hydrogen-bond donors (Lipinski definition) is 0. The zero-order valence-electron chi connectivity index (χ0n) is 10.1. The Bertz CT molecular complexity index is 440. The Morgan fingerprint density at radius 1 is 1.24 bits per heavy atom. The average molecular weight is 231 g/mol. The van der Waals surface area contributed by atoms with Crippen LogP contribution in [0.25, 0.3) is 0 Å². The first-order valence-corrected chi connectivity index (χ1v) is 6.04. The summed E-state index contributed by atoms with van der Waals surface area (Å²) in [6.07, 6.45) is 1.89. The molecule has 1 aliphatic heterocycles. The van der Waals surface area contributed by atoms with Gasteiger partial charge >= 0.3 is 0 Å². The van der Waals surface area contributed by atoms with Gasteiger partial charge in [-0.1, -0.05) is 17.7 Å². The standard InChI is InChI=1S/C14H17NO2/c1-11-4-2-5-12(10-11)14(17)15-8-3-6-13(16)7-9-15/h2,4-5,10H,3,6-9H2,1H3. The quantitative estimate of drug-likeness (QED) is 0.743. The fraction of sp³-hybridized carbons (Fsp3) is 0.429. The average Bonchev–Trinajstić information content (AvgIpc) is 2.53. The summed E-state index contributed by atoms with van der Waals surface area (Å²) in [5, 5.41) is 0. The summed E-state index contributed by atoms with van der Waals surface area (Å²) in [5.74, 6) is 0.313. The second-order valence-corrected chi connectivity index (χ2v) is 4.55. The molecule has 1 fully saturated rings. The van der Waals surface area contributed by atoms with Crippen molar-refractivity contribution in [1.82, 2.24) is 4.90 Å². The Kier molecular flexibility index (Phi) is 3.57. The fourth-order valence-corrected chi connectivity index (χ4v) is 2.13. The number of carbonyl (C=O) groups excluding carboxylic acids is 2. The highest BCUT2D eigenvalue weighted by Crippen LogP contribution is 2.12. The summed E-state index contributed by atoms with van der Waals surface area (Å²) < 4.78 is 0. The zero-order chi connectivity index (χ0) is 12.3. The van der Waals surface area contributed by atoms with Crippen LogP contribution in [0.5, 0.6) is 0 Å². The molecular formula is C14H17NO2. The van der Waals surface area contributed by atoms with Gasteiger partial charge in [-0.15, -0.1) is 0 Å². The molecule has 0 spiro atoms. The Balaban J connectivity index is 2.11. The van der Waals surface area contributed by atoms with Gasteiger partial charge in [-0.3, -0.25) is 9.59 Å². The molecule has 0 radical (unpaired) electrons. The highest BCUT2D eigenvalue weighted by molar-refractivity contribution is 5.95. The number of nitrogens with zero attached hydrogens (tertiary/aromatic N) is 1. The van der Waals surface area contributed by atoms with Gasteiger partial charge < -0.3 is 4.90 Å². The molecule has 1 aliphatic rings. The minimum absolute atomic E-state index is 0.0448. The number of benzene rings is 1. The van der Waals surface area contributed by atoms with Gasteiger partial charge in [-0.2, -0.15) is 0 Å². The molecule has 90 valence electrons. The maximum absolute atomic E-state index is 12.2. The van der Waals surface area contributed by atoms with Gasteiger partial charge in [0.05, 0.1) is 0 Å². The van der Waals surface area contributed by atoms with E-state index in [1.807, 2.05) is 31.2 Å². The van der Waals surface area contributed by atoms with Crippen LogP contribution in [0.2, 0.25) is 0 Å².